The number of benzene rings is 1. The highest BCUT2D eigenvalue weighted by Gasteiger charge is 2.38. The summed E-state index contributed by atoms with van der Waals surface area (Å²) in [7, 11) is 0. The van der Waals surface area contributed by atoms with Gasteiger partial charge in [-0.3, -0.25) is 9.59 Å². The van der Waals surface area contributed by atoms with Gasteiger partial charge in [0.15, 0.2) is 0 Å². The molecule has 0 radical (unpaired) electrons. The molecule has 3 amide bonds. The molecule has 2 aliphatic heterocycles. The molecule has 0 saturated carbocycles. The van der Waals surface area contributed by atoms with Gasteiger partial charge in [0.1, 0.15) is 5.82 Å². The van der Waals surface area contributed by atoms with Gasteiger partial charge in [0.05, 0.1) is 6.61 Å². The van der Waals surface area contributed by atoms with Crippen LogP contribution in [0.15, 0.2) is 24.3 Å². The van der Waals surface area contributed by atoms with E-state index in [1.807, 2.05) is 0 Å². The number of amides is 3. The van der Waals surface area contributed by atoms with Gasteiger partial charge >= 0.3 is 6.09 Å². The first-order valence-corrected chi connectivity index (χ1v) is 10.2. The van der Waals surface area contributed by atoms with E-state index in [0.717, 1.165) is 5.56 Å². The van der Waals surface area contributed by atoms with Gasteiger partial charge in [-0.2, -0.15) is 0 Å². The lowest BCUT2D eigenvalue weighted by molar-refractivity contribution is -0.133. The molecule has 2 heterocycles. The average Bonchev–Trinajstić information content (AvgIpc) is 3.09. The van der Waals surface area contributed by atoms with Crippen molar-refractivity contribution in [2.75, 3.05) is 32.8 Å². The van der Waals surface area contributed by atoms with Crippen LogP contribution in [0.25, 0.3) is 0 Å². The van der Waals surface area contributed by atoms with E-state index < -0.39 is 5.54 Å². The lowest BCUT2D eigenvalue weighted by Gasteiger charge is -2.35. The second-order valence-electron chi connectivity index (χ2n) is 7.70. The van der Waals surface area contributed by atoms with Crippen molar-refractivity contribution in [1.29, 1.82) is 0 Å². The third-order valence-corrected chi connectivity index (χ3v) is 5.67. The van der Waals surface area contributed by atoms with Crippen molar-refractivity contribution < 1.29 is 23.5 Å². The van der Waals surface area contributed by atoms with Crippen LogP contribution < -0.4 is 5.32 Å². The Morgan fingerprint density at radius 2 is 1.79 bits per heavy atom. The largest absolute Gasteiger partial charge is 0.450 e. The predicted molar refractivity (Wildman–Crippen MR) is 105 cm³/mol. The Balaban J connectivity index is 1.54. The Bertz CT molecular complexity index is 747. The summed E-state index contributed by atoms with van der Waals surface area (Å²) in [4.78, 5) is 39.7. The normalized spacial score (nSPS) is 21.8. The van der Waals surface area contributed by atoms with Crippen LogP contribution in [-0.4, -0.2) is 66.0 Å². The fourth-order valence-electron chi connectivity index (χ4n) is 4.03. The average molecular weight is 405 g/mol. The topological polar surface area (TPSA) is 79.0 Å². The number of piperazine rings is 1. The summed E-state index contributed by atoms with van der Waals surface area (Å²) < 4.78 is 18.2. The Morgan fingerprint density at radius 1 is 1.14 bits per heavy atom. The van der Waals surface area contributed by atoms with Crippen molar-refractivity contribution in [3.05, 3.63) is 35.6 Å². The molecule has 1 aromatic rings. The zero-order chi connectivity index (χ0) is 20.9. The lowest BCUT2D eigenvalue weighted by Crippen LogP contribution is -2.51. The Kier molecular flexibility index (Phi) is 6.71. The van der Waals surface area contributed by atoms with Crippen molar-refractivity contribution in [1.82, 2.24) is 15.1 Å². The Hall–Kier alpha value is -2.64. The maximum absolute atomic E-state index is 13.2. The van der Waals surface area contributed by atoms with Crippen LogP contribution in [0.4, 0.5) is 9.18 Å². The molecule has 3 rings (SSSR count). The van der Waals surface area contributed by atoms with E-state index >= 15 is 0 Å². The summed E-state index contributed by atoms with van der Waals surface area (Å²) in [5.74, 6) is -0.286. The highest BCUT2D eigenvalue weighted by Crippen LogP contribution is 2.30. The molecule has 1 atom stereocenters. The molecule has 0 spiro atoms. The SMILES string of the molecule is CCOC(=O)N1CCN(C(=O)CC[C@@]2(Cc3ccc(F)cc3)CCC(=O)N2)CC1. The van der Waals surface area contributed by atoms with E-state index in [4.69, 9.17) is 4.74 Å². The van der Waals surface area contributed by atoms with Crippen molar-refractivity contribution in [3.8, 4) is 0 Å². The van der Waals surface area contributed by atoms with Crippen LogP contribution in [-0.2, 0) is 20.7 Å². The van der Waals surface area contributed by atoms with Crippen LogP contribution in [0, 0.1) is 5.82 Å². The third-order valence-electron chi connectivity index (χ3n) is 5.67. The first kappa shape index (κ1) is 21.1. The van der Waals surface area contributed by atoms with Gasteiger partial charge in [-0.15, -0.1) is 0 Å². The van der Waals surface area contributed by atoms with Gasteiger partial charge in [-0.25, -0.2) is 9.18 Å². The number of nitrogens with zero attached hydrogens (tertiary/aromatic N) is 2. The van der Waals surface area contributed by atoms with Crippen molar-refractivity contribution in [2.24, 2.45) is 0 Å². The van der Waals surface area contributed by atoms with Crippen LogP contribution in [0.5, 0.6) is 0 Å². The van der Waals surface area contributed by atoms with Crippen molar-refractivity contribution in [3.63, 3.8) is 0 Å². The summed E-state index contributed by atoms with van der Waals surface area (Å²) in [6, 6.07) is 6.26. The molecule has 0 bridgehead atoms. The van der Waals surface area contributed by atoms with E-state index in [0.29, 0.717) is 64.9 Å². The minimum atomic E-state index is -0.475. The molecule has 2 fully saturated rings. The van der Waals surface area contributed by atoms with Gasteiger partial charge < -0.3 is 19.9 Å². The Morgan fingerprint density at radius 3 is 2.38 bits per heavy atom. The molecular formula is C21H28FN3O4. The number of nitrogens with one attached hydrogen (secondary N) is 1. The molecule has 0 unspecified atom stereocenters. The van der Waals surface area contributed by atoms with Gasteiger partial charge in [0.2, 0.25) is 11.8 Å². The van der Waals surface area contributed by atoms with Crippen LogP contribution in [0.3, 0.4) is 0 Å². The third kappa shape index (κ3) is 5.46. The number of carbonyl (C=O) groups is 3. The van der Waals surface area contributed by atoms with E-state index in [-0.39, 0.29) is 23.7 Å². The molecule has 8 heteroatoms. The maximum Gasteiger partial charge on any atom is 0.409 e. The zero-order valence-corrected chi connectivity index (χ0v) is 16.8. The number of halogens is 1. The fourth-order valence-corrected chi connectivity index (χ4v) is 4.03. The molecular weight excluding hydrogens is 377 g/mol. The minimum absolute atomic E-state index is 0.0115. The van der Waals surface area contributed by atoms with Gasteiger partial charge in [-0.1, -0.05) is 12.1 Å². The minimum Gasteiger partial charge on any atom is -0.450 e. The highest BCUT2D eigenvalue weighted by molar-refractivity contribution is 5.80. The second-order valence-corrected chi connectivity index (χ2v) is 7.70. The first-order valence-electron chi connectivity index (χ1n) is 10.2. The van der Waals surface area contributed by atoms with Gasteiger partial charge in [0.25, 0.3) is 0 Å². The summed E-state index contributed by atoms with van der Waals surface area (Å²) in [5.41, 5.74) is 0.459. The lowest BCUT2D eigenvalue weighted by atomic mass is 9.85. The molecule has 29 heavy (non-hydrogen) atoms. The van der Waals surface area contributed by atoms with Crippen LogP contribution >= 0.6 is 0 Å². The number of rotatable bonds is 6. The summed E-state index contributed by atoms with van der Waals surface area (Å²) in [6.45, 7) is 3.98. The number of hydrogen-bond acceptors (Lipinski definition) is 4. The van der Waals surface area contributed by atoms with E-state index in [1.165, 1.54) is 12.1 Å². The van der Waals surface area contributed by atoms with Gasteiger partial charge in [0, 0.05) is 44.6 Å². The van der Waals surface area contributed by atoms with E-state index in [1.54, 1.807) is 28.9 Å². The summed E-state index contributed by atoms with van der Waals surface area (Å²) in [5, 5.41) is 3.05. The Labute approximate surface area is 170 Å². The summed E-state index contributed by atoms with van der Waals surface area (Å²) in [6.07, 6.45) is 2.18. The molecule has 2 aliphatic rings. The molecule has 1 N–H and O–H groups in total. The molecule has 0 aliphatic carbocycles. The number of carbonyl (C=O) groups excluding carboxylic acids is 3. The quantitative estimate of drug-likeness (QED) is 0.786. The van der Waals surface area contributed by atoms with E-state index in [9.17, 15) is 18.8 Å². The maximum atomic E-state index is 13.2. The second kappa shape index (κ2) is 9.24. The number of ether oxygens (including phenoxy) is 1. The summed E-state index contributed by atoms with van der Waals surface area (Å²) >= 11 is 0. The van der Waals surface area contributed by atoms with Gasteiger partial charge in [-0.05, 0) is 43.9 Å². The molecule has 0 aromatic heterocycles. The first-order chi connectivity index (χ1) is 13.9. The number of hydrogen-bond donors (Lipinski definition) is 1. The molecule has 7 nitrogen and oxygen atoms in total. The zero-order valence-electron chi connectivity index (χ0n) is 16.8. The smallest absolute Gasteiger partial charge is 0.409 e. The van der Waals surface area contributed by atoms with Crippen molar-refractivity contribution >= 4 is 17.9 Å². The van der Waals surface area contributed by atoms with Crippen LogP contribution in [0.2, 0.25) is 0 Å². The highest BCUT2D eigenvalue weighted by atomic mass is 19.1. The molecule has 1 aromatic carbocycles. The van der Waals surface area contributed by atoms with Crippen LogP contribution in [0.1, 0.15) is 38.2 Å². The molecule has 2 saturated heterocycles. The predicted octanol–water partition coefficient (Wildman–Crippen LogP) is 2.10. The fraction of sp³-hybridized carbons (Fsp3) is 0.571. The van der Waals surface area contributed by atoms with Crippen molar-refractivity contribution in [2.45, 2.75) is 44.6 Å². The molecule has 158 valence electrons. The standard InChI is InChI=1S/C21H28FN3O4/c1-2-29-20(28)25-13-11-24(12-14-25)19(27)8-10-21(9-7-18(26)23-21)15-16-3-5-17(22)6-4-16/h3-6H,2,7-15H2,1H3,(H,23,26)/t21-/m1/s1. The monoisotopic (exact) mass is 405 g/mol. The van der Waals surface area contributed by atoms with E-state index in [2.05, 4.69) is 5.32 Å².